The number of hydrogen-bond donors (Lipinski definition) is 2. The first-order valence-electron chi connectivity index (χ1n) is 13.2. The molecule has 4 atom stereocenters. The van der Waals surface area contributed by atoms with Gasteiger partial charge < -0.3 is 19.5 Å². The predicted molar refractivity (Wildman–Crippen MR) is 155 cm³/mol. The second-order valence-corrected chi connectivity index (χ2v) is 11.7. The van der Waals surface area contributed by atoms with Crippen LogP contribution in [0, 0.1) is 21.3 Å². The highest BCUT2D eigenvalue weighted by atomic mass is 127. The van der Waals surface area contributed by atoms with Crippen LogP contribution in [0.5, 0.6) is 11.5 Å². The van der Waals surface area contributed by atoms with Crippen molar-refractivity contribution in [1.82, 2.24) is 0 Å². The summed E-state index contributed by atoms with van der Waals surface area (Å²) < 4.78 is 12.1. The van der Waals surface area contributed by atoms with E-state index in [9.17, 15) is 19.7 Å². The molecule has 0 aromatic heterocycles. The number of hydrogen-bond acceptors (Lipinski definition) is 6. The first kappa shape index (κ1) is 27.2. The number of Topliss-reactive ketones (excluding diaryl/α,β-unsaturated/α-hetero) is 2. The van der Waals surface area contributed by atoms with Crippen molar-refractivity contribution in [2.45, 2.75) is 52.0 Å². The smallest absolute Gasteiger partial charge is 0.455 e. The van der Waals surface area contributed by atoms with E-state index >= 15 is 0 Å². The van der Waals surface area contributed by atoms with Gasteiger partial charge in [0.05, 0.1) is 16.8 Å². The van der Waals surface area contributed by atoms with Crippen LogP contribution in [0.1, 0.15) is 65.8 Å². The quantitative estimate of drug-likeness (QED) is 0.229. The second kappa shape index (κ2) is 11.0. The summed E-state index contributed by atoms with van der Waals surface area (Å²) in [6.07, 6.45) is 4.84. The Labute approximate surface area is 237 Å². The number of carbonyl (C=O) groups excluding carboxylic acids is 2. The van der Waals surface area contributed by atoms with E-state index in [0.717, 1.165) is 29.6 Å². The maximum atomic E-state index is 13.7. The highest BCUT2D eigenvalue weighted by molar-refractivity contribution is 14.1. The van der Waals surface area contributed by atoms with Crippen molar-refractivity contribution in [1.29, 1.82) is 0 Å². The molecule has 1 heterocycles. The minimum absolute atomic E-state index is 0.0164. The first-order chi connectivity index (χ1) is 18.2. The molecule has 2 aromatic carbocycles. The number of halogens is 1. The third-order valence-corrected chi connectivity index (χ3v) is 9.10. The lowest BCUT2D eigenvalue weighted by Gasteiger charge is -2.47. The predicted octanol–water partition coefficient (Wildman–Crippen LogP) is 6.11. The summed E-state index contributed by atoms with van der Waals surface area (Å²) in [5, 5.41) is 20.9. The molecule has 8 heteroatoms. The number of benzene rings is 2. The first-order valence-corrected chi connectivity index (χ1v) is 14.3. The van der Waals surface area contributed by atoms with Gasteiger partial charge in [-0.05, 0) is 90.7 Å². The van der Waals surface area contributed by atoms with Gasteiger partial charge in [-0.25, -0.2) is 0 Å². The summed E-state index contributed by atoms with van der Waals surface area (Å²) in [4.78, 5) is 27.2. The third-order valence-electron chi connectivity index (χ3n) is 8.27. The summed E-state index contributed by atoms with van der Waals surface area (Å²) in [7, 11) is 0.558. The summed E-state index contributed by atoms with van der Waals surface area (Å²) in [6, 6.07) is 10.8. The number of rotatable bonds is 6. The van der Waals surface area contributed by atoms with Crippen LogP contribution in [-0.2, 0) is 4.65 Å². The molecule has 0 saturated carbocycles. The molecule has 2 aromatic rings. The molecular weight excluding hydrogens is 594 g/mol. The Hall–Kier alpha value is -2.43. The van der Waals surface area contributed by atoms with Crippen molar-refractivity contribution in [3.8, 4) is 11.5 Å². The fourth-order valence-electron chi connectivity index (χ4n) is 6.56. The summed E-state index contributed by atoms with van der Waals surface area (Å²) >= 11 is 2.08. The van der Waals surface area contributed by atoms with Gasteiger partial charge in [-0.2, -0.15) is 0 Å². The number of ketones is 2. The maximum Gasteiger partial charge on any atom is 0.455 e. The number of phenolic OH excluding ortho intramolecular Hbond substituents is 1. The van der Waals surface area contributed by atoms with E-state index in [1.807, 2.05) is 18.2 Å². The average Bonchev–Trinajstić information content (AvgIpc) is 2.91. The second-order valence-electron chi connectivity index (χ2n) is 10.5. The summed E-state index contributed by atoms with van der Waals surface area (Å²) in [5.41, 5.74) is 5.40. The van der Waals surface area contributed by atoms with Crippen LogP contribution in [0.25, 0.3) is 6.08 Å². The molecule has 0 radical (unpaired) electrons. The fourth-order valence-corrected chi connectivity index (χ4v) is 7.18. The standard InChI is InChI=1S/C30H32BIO6/c1-4-18-14-21-27(29(34)20-8-6-5-7-19(20)28(21)33)22-15-31(36)38-24(26(18)22)10-9-16(2)11-17-12-23(32)30(35)25(13-17)37-3/h5-8,11-13,21-22,24,27,35-36H,4,9-10,14-15H2,1-3H3/b16-11+/t21-,22+,24-,27-/m1/s1. The lowest BCUT2D eigenvalue weighted by Crippen LogP contribution is -2.50. The van der Waals surface area contributed by atoms with E-state index in [1.165, 1.54) is 12.7 Å². The maximum absolute atomic E-state index is 13.7. The van der Waals surface area contributed by atoms with E-state index in [1.54, 1.807) is 18.2 Å². The van der Waals surface area contributed by atoms with E-state index in [-0.39, 0.29) is 35.3 Å². The number of aromatic hydroxyl groups is 1. The Morgan fingerprint density at radius 3 is 2.58 bits per heavy atom. The van der Waals surface area contributed by atoms with Crippen molar-refractivity contribution in [2.24, 2.45) is 17.8 Å². The molecule has 0 unspecified atom stereocenters. The van der Waals surface area contributed by atoms with Crippen molar-refractivity contribution in [3.63, 3.8) is 0 Å². The van der Waals surface area contributed by atoms with E-state index < -0.39 is 13.0 Å². The molecule has 2 aliphatic carbocycles. The molecule has 1 saturated heterocycles. The van der Waals surface area contributed by atoms with Gasteiger partial charge >= 0.3 is 7.12 Å². The van der Waals surface area contributed by atoms with Crippen LogP contribution < -0.4 is 4.74 Å². The zero-order valence-electron chi connectivity index (χ0n) is 21.9. The van der Waals surface area contributed by atoms with Crippen molar-refractivity contribution < 1.29 is 29.1 Å². The fraction of sp³-hybridized carbons (Fsp3) is 0.400. The molecule has 0 bridgehead atoms. The topological polar surface area (TPSA) is 93.1 Å². The molecule has 1 fully saturated rings. The van der Waals surface area contributed by atoms with E-state index in [0.29, 0.717) is 39.6 Å². The number of ether oxygens (including phenoxy) is 1. The molecule has 2 N–H and O–H groups in total. The number of phenols is 1. The van der Waals surface area contributed by atoms with Gasteiger partial charge in [-0.15, -0.1) is 0 Å². The van der Waals surface area contributed by atoms with E-state index in [4.69, 9.17) is 9.39 Å². The molecule has 38 heavy (non-hydrogen) atoms. The van der Waals surface area contributed by atoms with Gasteiger partial charge in [-0.3, -0.25) is 9.59 Å². The Bertz CT molecular complexity index is 1350. The van der Waals surface area contributed by atoms with Crippen LogP contribution in [0.4, 0.5) is 0 Å². The highest BCUT2D eigenvalue weighted by Crippen LogP contribution is 2.51. The molecule has 0 amide bonds. The Morgan fingerprint density at radius 2 is 1.89 bits per heavy atom. The largest absolute Gasteiger partial charge is 0.504 e. The van der Waals surface area contributed by atoms with Gasteiger partial charge in [0.2, 0.25) is 0 Å². The molecule has 0 spiro atoms. The number of allylic oxidation sites excluding steroid dienone is 2. The zero-order chi connectivity index (χ0) is 27.1. The van der Waals surface area contributed by atoms with Crippen LogP contribution in [0.3, 0.4) is 0 Å². The summed E-state index contributed by atoms with van der Waals surface area (Å²) in [6.45, 7) is 4.14. The molecule has 1 aliphatic heterocycles. The highest BCUT2D eigenvalue weighted by Gasteiger charge is 2.53. The molecule has 198 valence electrons. The molecule has 5 rings (SSSR count). The van der Waals surface area contributed by atoms with Gasteiger partial charge in [0.15, 0.2) is 23.1 Å². The Balaban J connectivity index is 1.42. The van der Waals surface area contributed by atoms with Crippen molar-refractivity contribution in [2.75, 3.05) is 7.11 Å². The van der Waals surface area contributed by atoms with Gasteiger partial charge in [0, 0.05) is 23.0 Å². The van der Waals surface area contributed by atoms with Gasteiger partial charge in [0.1, 0.15) is 0 Å². The molecule has 3 aliphatic rings. The zero-order valence-corrected chi connectivity index (χ0v) is 24.0. The van der Waals surface area contributed by atoms with Crippen LogP contribution in [0.15, 0.2) is 53.1 Å². The van der Waals surface area contributed by atoms with Crippen LogP contribution in [0.2, 0.25) is 6.32 Å². The lowest BCUT2D eigenvalue weighted by molar-refractivity contribution is 0.0599. The lowest BCUT2D eigenvalue weighted by atomic mass is 9.54. The van der Waals surface area contributed by atoms with Crippen molar-refractivity contribution in [3.05, 3.63) is 73.4 Å². The minimum Gasteiger partial charge on any atom is -0.504 e. The normalized spacial score (nSPS) is 25.2. The molecular formula is C30H32BIO6. The Kier molecular flexibility index (Phi) is 7.85. The SMILES string of the molecule is CCC1=C2[C@@H](CC/C(C)=C/c3cc(I)c(O)c(OC)c3)OB(O)C[C@@H]2[C@@H]2C(=O)c3ccccc3C(=O)[C@@H]2C1. The van der Waals surface area contributed by atoms with Gasteiger partial charge in [0.25, 0.3) is 0 Å². The number of carbonyl (C=O) groups is 2. The minimum atomic E-state index is -0.974. The van der Waals surface area contributed by atoms with Gasteiger partial charge in [-0.1, -0.05) is 48.4 Å². The average molecular weight is 626 g/mol. The van der Waals surface area contributed by atoms with Crippen LogP contribution in [-0.4, -0.2) is 42.0 Å². The Morgan fingerprint density at radius 1 is 1.18 bits per heavy atom. The monoisotopic (exact) mass is 626 g/mol. The number of methoxy groups -OCH3 is 1. The third kappa shape index (κ3) is 4.87. The number of fused-ring (bicyclic) bond motifs is 4. The summed E-state index contributed by atoms with van der Waals surface area (Å²) in [5.74, 6) is -0.401. The molecule has 6 nitrogen and oxygen atoms in total. The van der Waals surface area contributed by atoms with E-state index in [2.05, 4.69) is 42.5 Å². The van der Waals surface area contributed by atoms with Crippen LogP contribution >= 0.6 is 22.6 Å². The van der Waals surface area contributed by atoms with Crippen molar-refractivity contribution >= 4 is 47.4 Å².